The summed E-state index contributed by atoms with van der Waals surface area (Å²) in [6.07, 6.45) is 3.28. The minimum atomic E-state index is -4.03. The van der Waals surface area contributed by atoms with Gasteiger partial charge < -0.3 is 0 Å². The monoisotopic (exact) mass is 317 g/mol. The van der Waals surface area contributed by atoms with Crippen molar-refractivity contribution in [1.29, 1.82) is 0 Å². The molecule has 20 heavy (non-hydrogen) atoms. The molecule has 1 N–H and O–H groups in total. The molecule has 2 rings (SSSR count). The lowest BCUT2D eigenvalue weighted by molar-refractivity contribution is -0.125. The molecule has 0 unspecified atom stereocenters. The average molecular weight is 317 g/mol. The van der Waals surface area contributed by atoms with Crippen molar-refractivity contribution in [2.75, 3.05) is 6.26 Å². The van der Waals surface area contributed by atoms with Crippen LogP contribution < -0.4 is 4.72 Å². The minimum absolute atomic E-state index is 0.100. The van der Waals surface area contributed by atoms with Crippen LogP contribution in [0.3, 0.4) is 0 Å². The van der Waals surface area contributed by atoms with E-state index in [0.717, 1.165) is 18.7 Å². The SMILES string of the molecule is CS(=O)(=O)c1cccc(S(=O)(=O)NC(=O)C2CCC2)c1. The number of benzene rings is 1. The van der Waals surface area contributed by atoms with Crippen molar-refractivity contribution in [1.82, 2.24) is 4.72 Å². The van der Waals surface area contributed by atoms with Crippen LogP contribution in [0.2, 0.25) is 0 Å². The highest BCUT2D eigenvalue weighted by Crippen LogP contribution is 2.27. The Morgan fingerprint density at radius 3 is 2.25 bits per heavy atom. The van der Waals surface area contributed by atoms with Gasteiger partial charge in [-0.05, 0) is 31.0 Å². The number of rotatable bonds is 4. The molecule has 6 nitrogen and oxygen atoms in total. The fourth-order valence-electron chi connectivity index (χ4n) is 1.82. The molecule has 1 amide bonds. The van der Waals surface area contributed by atoms with Crippen molar-refractivity contribution in [3.8, 4) is 0 Å². The maximum atomic E-state index is 12.0. The van der Waals surface area contributed by atoms with Gasteiger partial charge in [-0.1, -0.05) is 12.5 Å². The second-order valence-corrected chi connectivity index (χ2v) is 8.54. The van der Waals surface area contributed by atoms with E-state index in [1.54, 1.807) is 0 Å². The summed E-state index contributed by atoms with van der Waals surface area (Å²) in [5, 5.41) is 0. The number of hydrogen-bond acceptors (Lipinski definition) is 5. The summed E-state index contributed by atoms with van der Waals surface area (Å²) in [5.41, 5.74) is 0. The molecule has 0 bridgehead atoms. The van der Waals surface area contributed by atoms with Gasteiger partial charge in [0, 0.05) is 12.2 Å². The number of nitrogens with one attached hydrogen (secondary N) is 1. The van der Waals surface area contributed by atoms with Crippen molar-refractivity contribution in [2.24, 2.45) is 5.92 Å². The van der Waals surface area contributed by atoms with E-state index in [9.17, 15) is 21.6 Å². The molecule has 0 radical (unpaired) electrons. The topological polar surface area (TPSA) is 97.4 Å². The van der Waals surface area contributed by atoms with Crippen LogP contribution in [0.4, 0.5) is 0 Å². The summed E-state index contributed by atoms with van der Waals surface area (Å²) in [7, 11) is -7.53. The second kappa shape index (κ2) is 5.17. The average Bonchev–Trinajstić information content (AvgIpc) is 2.24. The number of amides is 1. The maximum absolute atomic E-state index is 12.0. The summed E-state index contributed by atoms with van der Waals surface area (Å²) >= 11 is 0. The summed E-state index contributed by atoms with van der Waals surface area (Å²) in [6, 6.07) is 4.94. The fourth-order valence-corrected chi connectivity index (χ4v) is 3.65. The third kappa shape index (κ3) is 3.18. The van der Waals surface area contributed by atoms with Crippen molar-refractivity contribution in [3.63, 3.8) is 0 Å². The molecule has 1 aliphatic rings. The van der Waals surface area contributed by atoms with Gasteiger partial charge >= 0.3 is 0 Å². The molecule has 1 aliphatic carbocycles. The van der Waals surface area contributed by atoms with Crippen molar-refractivity contribution in [3.05, 3.63) is 24.3 Å². The van der Waals surface area contributed by atoms with Crippen LogP contribution in [-0.2, 0) is 24.7 Å². The van der Waals surface area contributed by atoms with Crippen molar-refractivity contribution >= 4 is 25.8 Å². The molecule has 0 aliphatic heterocycles. The lowest BCUT2D eigenvalue weighted by Crippen LogP contribution is -2.38. The first-order valence-corrected chi connectivity index (χ1v) is 9.44. The quantitative estimate of drug-likeness (QED) is 0.881. The standard InChI is InChI=1S/C12H15NO5S2/c1-19(15,16)10-6-3-7-11(8-10)20(17,18)13-12(14)9-4-2-5-9/h3,6-9H,2,4-5H2,1H3,(H,13,14). The van der Waals surface area contributed by atoms with Gasteiger partial charge in [0.1, 0.15) is 0 Å². The molecule has 0 spiro atoms. The highest BCUT2D eigenvalue weighted by atomic mass is 32.2. The molecule has 1 fully saturated rings. The Labute approximate surface area is 118 Å². The summed E-state index contributed by atoms with van der Waals surface area (Å²) in [4.78, 5) is 11.4. The van der Waals surface area contributed by atoms with Gasteiger partial charge in [0.2, 0.25) is 5.91 Å². The second-order valence-electron chi connectivity index (χ2n) is 4.84. The van der Waals surface area contributed by atoms with E-state index >= 15 is 0 Å². The van der Waals surface area contributed by atoms with Gasteiger partial charge in [-0.15, -0.1) is 0 Å². The number of sulfonamides is 1. The fraction of sp³-hybridized carbons (Fsp3) is 0.417. The van der Waals surface area contributed by atoms with Gasteiger partial charge in [0.05, 0.1) is 9.79 Å². The number of carbonyl (C=O) groups excluding carboxylic acids is 1. The Balaban J connectivity index is 2.27. The van der Waals surface area contributed by atoms with Gasteiger partial charge in [0.15, 0.2) is 9.84 Å². The van der Waals surface area contributed by atoms with Crippen LogP contribution in [0.1, 0.15) is 19.3 Å². The highest BCUT2D eigenvalue weighted by molar-refractivity contribution is 7.91. The van der Waals surface area contributed by atoms with E-state index in [-0.39, 0.29) is 15.7 Å². The molecule has 1 aromatic rings. The first kappa shape index (κ1) is 15.0. The molecule has 1 aromatic carbocycles. The lowest BCUT2D eigenvalue weighted by atomic mass is 9.85. The molecule has 0 aromatic heterocycles. The predicted octanol–water partition coefficient (Wildman–Crippen LogP) is 0.695. The number of sulfone groups is 1. The van der Waals surface area contributed by atoms with Crippen LogP contribution in [0.5, 0.6) is 0 Å². The summed E-state index contributed by atoms with van der Waals surface area (Å²) in [5.74, 6) is -0.788. The zero-order chi connectivity index (χ0) is 15.0. The molecule has 0 heterocycles. The van der Waals surface area contributed by atoms with Gasteiger partial charge in [-0.3, -0.25) is 4.79 Å². The third-order valence-electron chi connectivity index (χ3n) is 3.25. The first-order chi connectivity index (χ1) is 9.20. The van der Waals surface area contributed by atoms with Gasteiger partial charge in [-0.2, -0.15) is 0 Å². The van der Waals surface area contributed by atoms with E-state index in [4.69, 9.17) is 0 Å². The van der Waals surface area contributed by atoms with E-state index in [0.29, 0.717) is 12.8 Å². The Bertz CT molecular complexity index is 733. The van der Waals surface area contributed by atoms with E-state index < -0.39 is 25.8 Å². The van der Waals surface area contributed by atoms with E-state index in [2.05, 4.69) is 0 Å². The largest absolute Gasteiger partial charge is 0.274 e. The summed E-state index contributed by atoms with van der Waals surface area (Å²) < 4.78 is 48.9. The minimum Gasteiger partial charge on any atom is -0.274 e. The molecule has 0 atom stereocenters. The van der Waals surface area contributed by atoms with E-state index in [1.807, 2.05) is 4.72 Å². The van der Waals surface area contributed by atoms with Crippen LogP contribution in [-0.4, -0.2) is 29.0 Å². The van der Waals surface area contributed by atoms with Crippen molar-refractivity contribution in [2.45, 2.75) is 29.1 Å². The molecule has 0 saturated heterocycles. The summed E-state index contributed by atoms with van der Waals surface area (Å²) in [6.45, 7) is 0. The number of carbonyl (C=O) groups is 1. The van der Waals surface area contributed by atoms with Gasteiger partial charge in [-0.25, -0.2) is 21.6 Å². The zero-order valence-corrected chi connectivity index (χ0v) is 12.5. The molecule has 1 saturated carbocycles. The molecule has 110 valence electrons. The predicted molar refractivity (Wildman–Crippen MR) is 72.2 cm³/mol. The first-order valence-electron chi connectivity index (χ1n) is 6.07. The normalized spacial score (nSPS) is 16.4. The van der Waals surface area contributed by atoms with Gasteiger partial charge in [0.25, 0.3) is 10.0 Å². The smallest absolute Gasteiger partial charge is 0.264 e. The maximum Gasteiger partial charge on any atom is 0.264 e. The molecule has 8 heteroatoms. The van der Waals surface area contributed by atoms with E-state index in [1.165, 1.54) is 18.2 Å². The third-order valence-corrected chi connectivity index (χ3v) is 5.71. The Morgan fingerprint density at radius 2 is 1.75 bits per heavy atom. The van der Waals surface area contributed by atoms with Crippen LogP contribution in [0.25, 0.3) is 0 Å². The molecular weight excluding hydrogens is 302 g/mol. The Kier molecular flexibility index (Phi) is 3.88. The number of hydrogen-bond donors (Lipinski definition) is 1. The Morgan fingerprint density at radius 1 is 1.15 bits per heavy atom. The van der Waals surface area contributed by atoms with Crippen LogP contribution in [0.15, 0.2) is 34.1 Å². The Hall–Kier alpha value is -1.41. The lowest BCUT2D eigenvalue weighted by Gasteiger charge is -2.23. The van der Waals surface area contributed by atoms with Crippen LogP contribution in [0, 0.1) is 5.92 Å². The zero-order valence-electron chi connectivity index (χ0n) is 10.9. The highest BCUT2D eigenvalue weighted by Gasteiger charge is 2.29. The van der Waals surface area contributed by atoms with Crippen molar-refractivity contribution < 1.29 is 21.6 Å². The van der Waals surface area contributed by atoms with Crippen LogP contribution >= 0.6 is 0 Å². The molecular formula is C12H15NO5S2.